The van der Waals surface area contributed by atoms with Gasteiger partial charge in [-0.05, 0) is 44.9 Å². The third kappa shape index (κ3) is 3.59. The predicted octanol–water partition coefficient (Wildman–Crippen LogP) is 3.39. The Kier molecular flexibility index (Phi) is 5.30. The van der Waals surface area contributed by atoms with E-state index in [1.54, 1.807) is 25.1 Å². The molecule has 1 fully saturated rings. The molecular formula is C16H17Cl2N3O4S. The van der Waals surface area contributed by atoms with Crippen molar-refractivity contribution in [1.82, 2.24) is 9.46 Å². The van der Waals surface area contributed by atoms with E-state index in [1.807, 2.05) is 0 Å². The van der Waals surface area contributed by atoms with Crippen molar-refractivity contribution < 1.29 is 17.7 Å². The van der Waals surface area contributed by atoms with Crippen LogP contribution in [-0.4, -0.2) is 36.4 Å². The van der Waals surface area contributed by atoms with Gasteiger partial charge in [0.25, 0.3) is 0 Å². The van der Waals surface area contributed by atoms with Crippen LogP contribution < -0.4 is 5.32 Å². The molecule has 0 saturated carbocycles. The summed E-state index contributed by atoms with van der Waals surface area (Å²) in [5, 5.41) is 7.14. The van der Waals surface area contributed by atoms with Crippen LogP contribution in [0.2, 0.25) is 10.0 Å². The van der Waals surface area contributed by atoms with Gasteiger partial charge in [0.05, 0.1) is 0 Å². The number of amides is 1. The van der Waals surface area contributed by atoms with E-state index >= 15 is 0 Å². The molecule has 26 heavy (non-hydrogen) atoms. The maximum absolute atomic E-state index is 13.0. The number of aryl methyl sites for hydroxylation is 2. The minimum atomic E-state index is -3.90. The number of nitrogens with one attached hydrogen (secondary N) is 1. The number of anilines is 1. The first kappa shape index (κ1) is 19.2. The first-order valence-corrected chi connectivity index (χ1v) is 10.1. The summed E-state index contributed by atoms with van der Waals surface area (Å²) in [6.45, 7) is 3.34. The summed E-state index contributed by atoms with van der Waals surface area (Å²) in [6, 6.07) is 3.81. The Labute approximate surface area is 161 Å². The first-order chi connectivity index (χ1) is 12.2. The Morgan fingerprint density at radius 3 is 2.50 bits per heavy atom. The lowest BCUT2D eigenvalue weighted by molar-refractivity contribution is -0.119. The molecule has 3 rings (SSSR count). The second-order valence-corrected chi connectivity index (χ2v) is 8.77. The third-order valence-corrected chi connectivity index (χ3v) is 6.76. The van der Waals surface area contributed by atoms with Crippen molar-refractivity contribution in [2.75, 3.05) is 11.9 Å². The number of sulfonamides is 1. The molecule has 2 aromatic rings. The van der Waals surface area contributed by atoms with Crippen LogP contribution in [0.25, 0.3) is 0 Å². The zero-order valence-corrected chi connectivity index (χ0v) is 16.5. The van der Waals surface area contributed by atoms with Crippen LogP contribution in [0, 0.1) is 13.8 Å². The minimum absolute atomic E-state index is 0.0167. The average molecular weight is 418 g/mol. The molecule has 10 heteroatoms. The lowest BCUT2D eigenvalue weighted by atomic mass is 10.2. The second-order valence-electron chi connectivity index (χ2n) is 6.07. The monoisotopic (exact) mass is 417 g/mol. The van der Waals surface area contributed by atoms with Gasteiger partial charge in [0.1, 0.15) is 16.6 Å². The Bertz CT molecular complexity index is 919. The van der Waals surface area contributed by atoms with Crippen molar-refractivity contribution >= 4 is 44.8 Å². The van der Waals surface area contributed by atoms with E-state index in [-0.39, 0.29) is 22.9 Å². The predicted molar refractivity (Wildman–Crippen MR) is 98.0 cm³/mol. The maximum atomic E-state index is 13.0. The van der Waals surface area contributed by atoms with Crippen LogP contribution in [0.3, 0.4) is 0 Å². The molecule has 0 spiro atoms. The molecule has 1 saturated heterocycles. The van der Waals surface area contributed by atoms with Crippen molar-refractivity contribution in [2.45, 2.75) is 37.6 Å². The van der Waals surface area contributed by atoms with Crippen LogP contribution in [-0.2, 0) is 14.8 Å². The molecule has 1 aromatic carbocycles. The molecule has 0 aliphatic carbocycles. The molecule has 1 atom stereocenters. The van der Waals surface area contributed by atoms with Crippen molar-refractivity contribution in [3.8, 4) is 0 Å². The Hall–Kier alpha value is -1.61. The number of halogens is 2. The van der Waals surface area contributed by atoms with Gasteiger partial charge < -0.3 is 9.84 Å². The molecule has 1 N–H and O–H groups in total. The van der Waals surface area contributed by atoms with Crippen molar-refractivity contribution in [1.29, 1.82) is 0 Å². The largest absolute Gasteiger partial charge is 0.360 e. The van der Waals surface area contributed by atoms with E-state index in [4.69, 9.17) is 27.7 Å². The summed E-state index contributed by atoms with van der Waals surface area (Å²) < 4.78 is 32.2. The number of carbonyl (C=O) groups excluding carboxylic acids is 1. The summed E-state index contributed by atoms with van der Waals surface area (Å²) in [7, 11) is -3.90. The van der Waals surface area contributed by atoms with E-state index in [2.05, 4.69) is 10.5 Å². The normalized spacial score (nSPS) is 18.2. The minimum Gasteiger partial charge on any atom is -0.360 e. The van der Waals surface area contributed by atoms with E-state index in [0.717, 1.165) is 0 Å². The zero-order chi connectivity index (χ0) is 19.1. The van der Waals surface area contributed by atoms with Crippen LogP contribution in [0.4, 0.5) is 5.69 Å². The molecule has 0 bridgehead atoms. The molecule has 1 aliphatic heterocycles. The van der Waals surface area contributed by atoms with Gasteiger partial charge in [0, 0.05) is 22.3 Å². The molecule has 0 radical (unpaired) electrons. The maximum Gasteiger partial charge on any atom is 0.249 e. The van der Waals surface area contributed by atoms with Gasteiger partial charge in [-0.1, -0.05) is 28.4 Å². The van der Waals surface area contributed by atoms with Crippen LogP contribution >= 0.6 is 23.2 Å². The van der Waals surface area contributed by atoms with Gasteiger partial charge in [-0.3, -0.25) is 4.79 Å². The fourth-order valence-electron chi connectivity index (χ4n) is 3.10. The number of benzene rings is 1. The zero-order valence-electron chi connectivity index (χ0n) is 14.1. The molecule has 1 aromatic heterocycles. The molecule has 2 heterocycles. The van der Waals surface area contributed by atoms with Gasteiger partial charge >= 0.3 is 0 Å². The Balaban J connectivity index is 1.87. The lowest BCUT2D eigenvalue weighted by Crippen LogP contribution is -2.43. The number of hydrogen-bond acceptors (Lipinski definition) is 5. The van der Waals surface area contributed by atoms with Crippen molar-refractivity contribution in [3.63, 3.8) is 0 Å². The number of aromatic nitrogens is 1. The number of hydrogen-bond donors (Lipinski definition) is 1. The third-order valence-electron chi connectivity index (χ3n) is 4.17. The highest BCUT2D eigenvalue weighted by Gasteiger charge is 2.41. The highest BCUT2D eigenvalue weighted by Crippen LogP contribution is 2.31. The molecule has 0 unspecified atom stereocenters. The fourth-order valence-corrected chi connectivity index (χ4v) is 5.58. The van der Waals surface area contributed by atoms with Crippen LogP contribution in [0.15, 0.2) is 27.6 Å². The van der Waals surface area contributed by atoms with Crippen molar-refractivity contribution in [3.05, 3.63) is 39.7 Å². The Morgan fingerprint density at radius 1 is 1.27 bits per heavy atom. The van der Waals surface area contributed by atoms with Crippen LogP contribution in [0.1, 0.15) is 24.3 Å². The van der Waals surface area contributed by atoms with Crippen LogP contribution in [0.5, 0.6) is 0 Å². The number of nitrogens with zero attached hydrogens (tertiary/aromatic N) is 2. The van der Waals surface area contributed by atoms with Gasteiger partial charge in [0.15, 0.2) is 5.76 Å². The summed E-state index contributed by atoms with van der Waals surface area (Å²) in [5.41, 5.74) is 0.685. The second kappa shape index (κ2) is 7.19. The van der Waals surface area contributed by atoms with Gasteiger partial charge in [0.2, 0.25) is 15.9 Å². The first-order valence-electron chi connectivity index (χ1n) is 7.92. The summed E-state index contributed by atoms with van der Waals surface area (Å²) in [5.74, 6) is -0.230. The number of carbonyl (C=O) groups is 1. The SMILES string of the molecule is Cc1noc(C)c1S(=O)(=O)N1CCC[C@H]1C(=O)Nc1cc(Cl)cc(Cl)c1. The van der Waals surface area contributed by atoms with E-state index in [0.29, 0.717) is 28.6 Å². The van der Waals surface area contributed by atoms with Gasteiger partial charge in [-0.25, -0.2) is 8.42 Å². The summed E-state index contributed by atoms with van der Waals surface area (Å²) >= 11 is 11.9. The van der Waals surface area contributed by atoms with E-state index < -0.39 is 22.0 Å². The van der Waals surface area contributed by atoms with E-state index in [1.165, 1.54) is 11.2 Å². The summed E-state index contributed by atoms with van der Waals surface area (Å²) in [4.78, 5) is 12.7. The fraction of sp³-hybridized carbons (Fsp3) is 0.375. The molecule has 1 aliphatic rings. The quantitative estimate of drug-likeness (QED) is 0.822. The molecule has 1 amide bonds. The van der Waals surface area contributed by atoms with Crippen molar-refractivity contribution in [2.24, 2.45) is 0 Å². The van der Waals surface area contributed by atoms with Gasteiger partial charge in [-0.15, -0.1) is 0 Å². The average Bonchev–Trinajstić information content (AvgIpc) is 3.13. The van der Waals surface area contributed by atoms with E-state index in [9.17, 15) is 13.2 Å². The summed E-state index contributed by atoms with van der Waals surface area (Å²) in [6.07, 6.45) is 1.000. The molecule has 140 valence electrons. The number of rotatable bonds is 4. The highest BCUT2D eigenvalue weighted by atomic mass is 35.5. The Morgan fingerprint density at radius 2 is 1.92 bits per heavy atom. The smallest absolute Gasteiger partial charge is 0.249 e. The van der Waals surface area contributed by atoms with Gasteiger partial charge in [-0.2, -0.15) is 4.31 Å². The lowest BCUT2D eigenvalue weighted by Gasteiger charge is -2.23. The standard InChI is InChI=1S/C16H17Cl2N3O4S/c1-9-15(10(2)25-20-9)26(23,24)21-5-3-4-14(21)16(22)19-13-7-11(17)6-12(18)8-13/h6-8,14H,3-5H2,1-2H3,(H,19,22)/t14-/m0/s1. The molecular weight excluding hydrogens is 401 g/mol. The molecule has 7 nitrogen and oxygen atoms in total. The highest BCUT2D eigenvalue weighted by molar-refractivity contribution is 7.89. The topological polar surface area (TPSA) is 92.5 Å².